The summed E-state index contributed by atoms with van der Waals surface area (Å²) in [6.45, 7) is 8.41. The molecule has 2 N–H and O–H groups in total. The molecule has 3 nitrogen and oxygen atoms in total. The van der Waals surface area contributed by atoms with E-state index in [0.29, 0.717) is 12.6 Å². The molecule has 16 heavy (non-hydrogen) atoms. The molecule has 1 unspecified atom stereocenters. The Bertz CT molecular complexity index is 298. The van der Waals surface area contributed by atoms with Crippen LogP contribution in [-0.4, -0.2) is 17.6 Å². The van der Waals surface area contributed by atoms with E-state index in [9.17, 15) is 0 Å². The Balaban J connectivity index is 2.74. The number of nitrogens with two attached hydrogens (primary N) is 1. The Kier molecular flexibility index (Phi) is 5.77. The predicted octanol–water partition coefficient (Wildman–Crippen LogP) is 3.01. The lowest BCUT2D eigenvalue weighted by Gasteiger charge is -2.28. The van der Waals surface area contributed by atoms with Crippen LogP contribution in [0.3, 0.4) is 0 Å². The molecule has 0 saturated carbocycles. The van der Waals surface area contributed by atoms with Crippen LogP contribution in [0.25, 0.3) is 0 Å². The molecule has 1 atom stereocenters. The molecule has 1 aromatic heterocycles. The molecule has 0 aliphatic rings. The Hall–Kier alpha value is -0.610. The smallest absolute Gasteiger partial charge is 0.185 e. The first-order valence-electron chi connectivity index (χ1n) is 6.14. The third kappa shape index (κ3) is 3.46. The van der Waals surface area contributed by atoms with Crippen LogP contribution in [0.1, 0.15) is 44.9 Å². The molecule has 0 saturated heterocycles. The predicted molar refractivity (Wildman–Crippen MR) is 72.0 cm³/mol. The van der Waals surface area contributed by atoms with Crippen molar-refractivity contribution in [2.45, 2.75) is 52.6 Å². The summed E-state index contributed by atoms with van der Waals surface area (Å²) in [5, 5.41) is 1.13. The highest BCUT2D eigenvalue weighted by Gasteiger charge is 2.15. The van der Waals surface area contributed by atoms with Crippen LogP contribution >= 0.6 is 11.3 Å². The molecule has 1 rings (SSSR count). The standard InChI is InChI=1S/C12H23N3S/c1-4-6-7-15(10(3)5-2)12-14-9-11(8-13)16-12/h9-10H,4-8,13H2,1-3H3. The summed E-state index contributed by atoms with van der Waals surface area (Å²) >= 11 is 1.72. The average molecular weight is 241 g/mol. The van der Waals surface area contributed by atoms with Crippen molar-refractivity contribution >= 4 is 16.5 Å². The third-order valence-electron chi connectivity index (χ3n) is 2.86. The Morgan fingerprint density at radius 3 is 2.75 bits per heavy atom. The molecule has 0 aliphatic heterocycles. The van der Waals surface area contributed by atoms with E-state index in [4.69, 9.17) is 5.73 Å². The van der Waals surface area contributed by atoms with Crippen LogP contribution in [0.15, 0.2) is 6.20 Å². The first kappa shape index (κ1) is 13.5. The number of nitrogens with zero attached hydrogens (tertiary/aromatic N) is 2. The summed E-state index contributed by atoms with van der Waals surface area (Å²) in [7, 11) is 0. The number of thiazole rings is 1. The Labute approximate surface area is 103 Å². The molecular formula is C12H23N3S. The maximum atomic E-state index is 5.62. The van der Waals surface area contributed by atoms with Crippen molar-refractivity contribution in [3.05, 3.63) is 11.1 Å². The van der Waals surface area contributed by atoms with E-state index in [0.717, 1.165) is 18.1 Å². The molecular weight excluding hydrogens is 218 g/mol. The van der Waals surface area contributed by atoms with E-state index >= 15 is 0 Å². The Morgan fingerprint density at radius 1 is 1.50 bits per heavy atom. The number of hydrogen-bond acceptors (Lipinski definition) is 4. The lowest BCUT2D eigenvalue weighted by atomic mass is 10.2. The normalized spacial score (nSPS) is 12.8. The van der Waals surface area contributed by atoms with Crippen molar-refractivity contribution < 1.29 is 0 Å². The Morgan fingerprint density at radius 2 is 2.25 bits per heavy atom. The zero-order valence-electron chi connectivity index (χ0n) is 10.6. The van der Waals surface area contributed by atoms with Gasteiger partial charge in [-0.2, -0.15) is 0 Å². The highest BCUT2D eigenvalue weighted by Crippen LogP contribution is 2.25. The second kappa shape index (κ2) is 6.86. The molecule has 92 valence electrons. The average Bonchev–Trinajstić information content (AvgIpc) is 2.77. The molecule has 0 aromatic carbocycles. The van der Waals surface area contributed by atoms with Crippen molar-refractivity contribution in [1.82, 2.24) is 4.98 Å². The number of aromatic nitrogens is 1. The van der Waals surface area contributed by atoms with Crippen LogP contribution in [0.2, 0.25) is 0 Å². The molecule has 1 heterocycles. The lowest BCUT2D eigenvalue weighted by Crippen LogP contribution is -2.33. The summed E-state index contributed by atoms with van der Waals surface area (Å²) < 4.78 is 0. The first-order valence-corrected chi connectivity index (χ1v) is 6.95. The van der Waals surface area contributed by atoms with Crippen molar-refractivity contribution in [3.63, 3.8) is 0 Å². The molecule has 0 spiro atoms. The molecule has 4 heteroatoms. The lowest BCUT2D eigenvalue weighted by molar-refractivity contribution is 0.594. The van der Waals surface area contributed by atoms with Crippen molar-refractivity contribution in [2.75, 3.05) is 11.4 Å². The van der Waals surface area contributed by atoms with E-state index in [-0.39, 0.29) is 0 Å². The summed E-state index contributed by atoms with van der Waals surface area (Å²) in [6, 6.07) is 0.559. The third-order valence-corrected chi connectivity index (χ3v) is 3.92. The van der Waals surface area contributed by atoms with Gasteiger partial charge in [0.15, 0.2) is 5.13 Å². The van der Waals surface area contributed by atoms with Gasteiger partial charge in [-0.15, -0.1) is 11.3 Å². The van der Waals surface area contributed by atoms with Gasteiger partial charge in [-0.3, -0.25) is 0 Å². The molecule has 0 fully saturated rings. The van der Waals surface area contributed by atoms with E-state index < -0.39 is 0 Å². The summed E-state index contributed by atoms with van der Waals surface area (Å²) in [4.78, 5) is 8.05. The van der Waals surface area contributed by atoms with Crippen molar-refractivity contribution in [1.29, 1.82) is 0 Å². The van der Waals surface area contributed by atoms with Gasteiger partial charge in [-0.25, -0.2) is 4.98 Å². The van der Waals surface area contributed by atoms with E-state index in [2.05, 4.69) is 30.7 Å². The first-order chi connectivity index (χ1) is 7.72. The number of hydrogen-bond donors (Lipinski definition) is 1. The van der Waals surface area contributed by atoms with Gasteiger partial charge in [0.05, 0.1) is 0 Å². The van der Waals surface area contributed by atoms with Gasteiger partial charge in [-0.05, 0) is 19.8 Å². The monoisotopic (exact) mass is 241 g/mol. The van der Waals surface area contributed by atoms with Gasteiger partial charge in [-0.1, -0.05) is 20.3 Å². The fourth-order valence-corrected chi connectivity index (χ4v) is 2.49. The van der Waals surface area contributed by atoms with E-state index in [1.807, 2.05) is 6.20 Å². The van der Waals surface area contributed by atoms with E-state index in [1.165, 1.54) is 17.7 Å². The van der Waals surface area contributed by atoms with Gasteiger partial charge in [0, 0.05) is 30.2 Å². The van der Waals surface area contributed by atoms with Crippen LogP contribution in [-0.2, 0) is 6.54 Å². The van der Waals surface area contributed by atoms with Gasteiger partial charge >= 0.3 is 0 Å². The van der Waals surface area contributed by atoms with Crippen molar-refractivity contribution in [3.8, 4) is 0 Å². The largest absolute Gasteiger partial charge is 0.345 e. The minimum absolute atomic E-state index is 0.559. The molecule has 0 aliphatic carbocycles. The highest BCUT2D eigenvalue weighted by molar-refractivity contribution is 7.15. The quantitative estimate of drug-likeness (QED) is 0.798. The highest BCUT2D eigenvalue weighted by atomic mass is 32.1. The van der Waals surface area contributed by atoms with Gasteiger partial charge in [0.25, 0.3) is 0 Å². The maximum absolute atomic E-state index is 5.62. The summed E-state index contributed by atoms with van der Waals surface area (Å²) in [5.74, 6) is 0. The number of rotatable bonds is 7. The van der Waals surface area contributed by atoms with Gasteiger partial charge < -0.3 is 10.6 Å². The molecule has 0 bridgehead atoms. The second-order valence-corrected chi connectivity index (χ2v) is 5.21. The van der Waals surface area contributed by atoms with Gasteiger partial charge in [0.1, 0.15) is 0 Å². The number of unbranched alkanes of at least 4 members (excludes halogenated alkanes) is 1. The zero-order valence-corrected chi connectivity index (χ0v) is 11.4. The molecule has 0 radical (unpaired) electrons. The zero-order chi connectivity index (χ0) is 12.0. The second-order valence-electron chi connectivity index (χ2n) is 4.12. The maximum Gasteiger partial charge on any atom is 0.185 e. The topological polar surface area (TPSA) is 42.2 Å². The minimum atomic E-state index is 0.559. The van der Waals surface area contributed by atoms with Crippen molar-refractivity contribution in [2.24, 2.45) is 5.73 Å². The minimum Gasteiger partial charge on any atom is -0.345 e. The fourth-order valence-electron chi connectivity index (χ4n) is 1.58. The summed E-state index contributed by atoms with van der Waals surface area (Å²) in [6.07, 6.45) is 5.51. The van der Waals surface area contributed by atoms with E-state index in [1.54, 1.807) is 11.3 Å². The SMILES string of the molecule is CCCCN(c1ncc(CN)s1)C(C)CC. The van der Waals surface area contributed by atoms with Crippen LogP contribution in [0.5, 0.6) is 0 Å². The van der Waals surface area contributed by atoms with Gasteiger partial charge in [0.2, 0.25) is 0 Å². The molecule has 0 amide bonds. The summed E-state index contributed by atoms with van der Waals surface area (Å²) in [5.41, 5.74) is 5.62. The number of anilines is 1. The van der Waals surface area contributed by atoms with Crippen LogP contribution in [0.4, 0.5) is 5.13 Å². The van der Waals surface area contributed by atoms with Crippen LogP contribution in [0, 0.1) is 0 Å². The van der Waals surface area contributed by atoms with Crippen LogP contribution < -0.4 is 10.6 Å². The molecule has 1 aromatic rings. The fraction of sp³-hybridized carbons (Fsp3) is 0.750.